The lowest BCUT2D eigenvalue weighted by molar-refractivity contribution is 0.0682. The smallest absolute Gasteiger partial charge is 0.146 e. The highest BCUT2D eigenvalue weighted by Crippen LogP contribution is 2.15. The van der Waals surface area contributed by atoms with E-state index in [2.05, 4.69) is 26.1 Å². The highest BCUT2D eigenvalue weighted by molar-refractivity contribution is 5.98. The zero-order chi connectivity index (χ0) is 9.78. The molecule has 12 heavy (non-hydrogen) atoms. The van der Waals surface area contributed by atoms with E-state index in [4.69, 9.17) is 10.2 Å². The van der Waals surface area contributed by atoms with Crippen LogP contribution in [0, 0.1) is 0 Å². The van der Waals surface area contributed by atoms with E-state index in [-0.39, 0.29) is 11.8 Å². The van der Waals surface area contributed by atoms with Crippen molar-refractivity contribution in [2.75, 3.05) is 0 Å². The number of nitrogens with two attached hydrogens (primary N) is 1. The Balaban J connectivity index is 4.13. The van der Waals surface area contributed by atoms with E-state index < -0.39 is 0 Å². The molecule has 0 saturated carbocycles. The first kappa shape index (κ1) is 12.1. The van der Waals surface area contributed by atoms with Crippen LogP contribution < -0.4 is 11.1 Å². The Hall–Kier alpha value is 0.0969. The van der Waals surface area contributed by atoms with Gasteiger partial charge in [-0.1, -0.05) is 6.92 Å². The Kier molecular flexibility index (Phi) is 5.00. The average Bonchev–Trinajstić information content (AvgIpc) is 1.99. The Morgan fingerprint density at radius 3 is 2.33 bits per heavy atom. The van der Waals surface area contributed by atoms with Gasteiger partial charge in [-0.25, -0.2) is 0 Å². The molecule has 0 heterocycles. The lowest BCUT2D eigenvalue weighted by Gasteiger charge is -2.35. The molecular formula is C8H22N2OSi. The molecule has 0 aliphatic heterocycles. The summed E-state index contributed by atoms with van der Waals surface area (Å²) >= 11 is 0. The fourth-order valence-electron chi connectivity index (χ4n) is 1.27. The van der Waals surface area contributed by atoms with Crippen LogP contribution in [0.1, 0.15) is 34.1 Å². The Bertz CT molecular complexity index is 128. The number of hydrogen-bond acceptors (Lipinski definition) is 3. The molecule has 0 spiro atoms. The van der Waals surface area contributed by atoms with Gasteiger partial charge in [0.2, 0.25) is 0 Å². The summed E-state index contributed by atoms with van der Waals surface area (Å²) < 4.78 is 5.51. The fraction of sp³-hybridized carbons (Fsp3) is 1.00. The van der Waals surface area contributed by atoms with Crippen LogP contribution in [-0.4, -0.2) is 28.3 Å². The van der Waals surface area contributed by atoms with Crippen LogP contribution in [0.25, 0.3) is 0 Å². The Morgan fingerprint density at radius 1 is 1.58 bits per heavy atom. The molecule has 0 rings (SSSR count). The summed E-state index contributed by atoms with van der Waals surface area (Å²) in [5, 5.41) is 3.30. The van der Waals surface area contributed by atoms with Gasteiger partial charge in [-0.05, 0) is 27.2 Å². The molecule has 3 N–H and O–H groups in total. The molecule has 0 saturated heterocycles. The Labute approximate surface area is 78.6 Å². The molecule has 0 aromatic rings. The minimum absolute atomic E-state index is 0.0334. The molecular weight excluding hydrogens is 168 g/mol. The van der Waals surface area contributed by atoms with Gasteiger partial charge in [0.15, 0.2) is 0 Å². The second-order valence-electron chi connectivity index (χ2n) is 3.72. The van der Waals surface area contributed by atoms with Crippen LogP contribution in [0.4, 0.5) is 0 Å². The minimum atomic E-state index is -0.0887. The van der Waals surface area contributed by atoms with Crippen molar-refractivity contribution in [1.29, 1.82) is 0 Å². The molecule has 0 amide bonds. The molecule has 0 aromatic carbocycles. The fourth-order valence-corrected chi connectivity index (χ4v) is 1.55. The molecule has 74 valence electrons. The van der Waals surface area contributed by atoms with Crippen molar-refractivity contribution in [2.45, 2.75) is 51.9 Å². The molecule has 4 heteroatoms. The van der Waals surface area contributed by atoms with Crippen LogP contribution in [0.2, 0.25) is 0 Å². The zero-order valence-corrected chi connectivity index (χ0v) is 10.8. The van der Waals surface area contributed by atoms with E-state index in [0.717, 1.165) is 16.9 Å². The number of hydrogen-bond donors (Lipinski definition) is 2. The first-order chi connectivity index (χ1) is 5.44. The average molecular weight is 190 g/mol. The molecule has 0 aliphatic rings. The summed E-state index contributed by atoms with van der Waals surface area (Å²) in [5.74, 6) is 0. The highest BCUT2D eigenvalue weighted by atomic mass is 28.2. The molecule has 0 fully saturated rings. The van der Waals surface area contributed by atoms with Crippen molar-refractivity contribution >= 4 is 10.5 Å². The number of nitrogens with one attached hydrogen (secondary N) is 1. The van der Waals surface area contributed by atoms with E-state index in [1.807, 2.05) is 6.92 Å². The van der Waals surface area contributed by atoms with Gasteiger partial charge >= 0.3 is 0 Å². The maximum Gasteiger partial charge on any atom is 0.146 e. The van der Waals surface area contributed by atoms with Crippen molar-refractivity contribution in [3.05, 3.63) is 0 Å². The second-order valence-corrected chi connectivity index (χ2v) is 4.13. The summed E-state index contributed by atoms with van der Waals surface area (Å²) in [4.78, 5) is 0. The summed E-state index contributed by atoms with van der Waals surface area (Å²) in [5.41, 5.74) is 5.58. The van der Waals surface area contributed by atoms with Crippen molar-refractivity contribution in [2.24, 2.45) is 5.73 Å². The molecule has 2 atom stereocenters. The van der Waals surface area contributed by atoms with E-state index in [9.17, 15) is 0 Å². The second kappa shape index (κ2) is 4.96. The highest BCUT2D eigenvalue weighted by Gasteiger charge is 2.27. The van der Waals surface area contributed by atoms with Crippen LogP contribution in [0.15, 0.2) is 0 Å². The van der Waals surface area contributed by atoms with Crippen LogP contribution in [0.5, 0.6) is 0 Å². The van der Waals surface area contributed by atoms with Crippen LogP contribution >= 0.6 is 0 Å². The minimum Gasteiger partial charge on any atom is -0.421 e. The largest absolute Gasteiger partial charge is 0.421 e. The third-order valence-electron chi connectivity index (χ3n) is 2.24. The van der Waals surface area contributed by atoms with Gasteiger partial charge in [-0.2, -0.15) is 0 Å². The maximum atomic E-state index is 5.66. The van der Waals surface area contributed by atoms with Gasteiger partial charge in [-0.15, -0.1) is 0 Å². The summed E-state index contributed by atoms with van der Waals surface area (Å²) in [6, 6.07) is 0.343. The molecule has 0 radical (unpaired) electrons. The van der Waals surface area contributed by atoms with E-state index in [0.29, 0.717) is 6.04 Å². The van der Waals surface area contributed by atoms with Gasteiger partial charge < -0.3 is 10.2 Å². The Morgan fingerprint density at radius 2 is 2.08 bits per heavy atom. The zero-order valence-electron chi connectivity index (χ0n) is 8.85. The third-order valence-corrected chi connectivity index (χ3v) is 3.29. The van der Waals surface area contributed by atoms with Crippen molar-refractivity contribution in [3.63, 3.8) is 0 Å². The molecule has 2 unspecified atom stereocenters. The van der Waals surface area contributed by atoms with E-state index in [1.54, 1.807) is 0 Å². The maximum absolute atomic E-state index is 5.66. The van der Waals surface area contributed by atoms with Crippen molar-refractivity contribution < 1.29 is 4.43 Å². The summed E-state index contributed by atoms with van der Waals surface area (Å²) in [6.45, 7) is 8.29. The molecule has 3 nitrogen and oxygen atoms in total. The summed E-state index contributed by atoms with van der Waals surface area (Å²) in [6.07, 6.45) is 1.07. The predicted octanol–water partition coefficient (Wildman–Crippen LogP) is -0.265. The number of rotatable bonds is 5. The van der Waals surface area contributed by atoms with Crippen LogP contribution in [-0.2, 0) is 4.43 Å². The quantitative estimate of drug-likeness (QED) is 0.464. The monoisotopic (exact) mass is 190 g/mol. The lowest BCUT2D eigenvalue weighted by Crippen LogP contribution is -2.53. The van der Waals surface area contributed by atoms with Crippen molar-refractivity contribution in [3.8, 4) is 0 Å². The standard InChI is InChI=1S/C8H22N2OSi/c1-5-7(10-6(2)9)8(3,4)11-12/h6-7,10H,5,9H2,1-4,12H3. The van der Waals surface area contributed by atoms with Gasteiger partial charge in [0.25, 0.3) is 0 Å². The van der Waals surface area contributed by atoms with Gasteiger partial charge in [0.05, 0.1) is 11.8 Å². The normalized spacial score (nSPS) is 17.8. The van der Waals surface area contributed by atoms with Gasteiger partial charge in [0.1, 0.15) is 10.5 Å². The predicted molar refractivity (Wildman–Crippen MR) is 56.0 cm³/mol. The lowest BCUT2D eigenvalue weighted by atomic mass is 9.96. The van der Waals surface area contributed by atoms with Crippen LogP contribution in [0.3, 0.4) is 0 Å². The van der Waals surface area contributed by atoms with Crippen molar-refractivity contribution in [1.82, 2.24) is 5.32 Å². The topological polar surface area (TPSA) is 47.3 Å². The van der Waals surface area contributed by atoms with E-state index >= 15 is 0 Å². The molecule has 0 bridgehead atoms. The SMILES string of the molecule is CCC(NC(C)N)C(C)(C)O[SiH3]. The molecule has 0 aliphatic carbocycles. The third kappa shape index (κ3) is 3.67. The molecule has 0 aromatic heterocycles. The first-order valence-corrected chi connectivity index (χ1v) is 5.32. The van der Waals surface area contributed by atoms with E-state index in [1.165, 1.54) is 0 Å². The van der Waals surface area contributed by atoms with Gasteiger partial charge in [0, 0.05) is 6.04 Å². The first-order valence-electron chi connectivity index (χ1n) is 4.50. The summed E-state index contributed by atoms with van der Waals surface area (Å²) in [7, 11) is 0.769. The van der Waals surface area contributed by atoms with Gasteiger partial charge in [-0.3, -0.25) is 5.32 Å².